The van der Waals surface area contributed by atoms with Crippen molar-refractivity contribution in [2.45, 2.75) is 17.7 Å². The number of sulfone groups is 1. The highest BCUT2D eigenvalue weighted by molar-refractivity contribution is 8.08. The SMILES string of the molecule is O=C(CN1N=C(C(=O)N2CCCC2)S(=O)(=O)c2ccccc21)Nc1ccc(Cl)cc1. The van der Waals surface area contributed by atoms with Crippen molar-refractivity contribution in [1.82, 2.24) is 4.90 Å². The van der Waals surface area contributed by atoms with Gasteiger partial charge in [-0.05, 0) is 49.2 Å². The lowest BCUT2D eigenvalue weighted by atomic mass is 10.3. The summed E-state index contributed by atoms with van der Waals surface area (Å²) >= 11 is 5.85. The molecule has 2 amide bonds. The maximum absolute atomic E-state index is 13.0. The standard InChI is InChI=1S/C20H19ClN4O4S/c21-14-7-9-15(10-8-14)22-18(26)13-25-16-5-1-2-6-17(16)30(28,29)19(23-25)20(27)24-11-3-4-12-24/h1-2,5-10H,3-4,11-13H2,(H,22,26). The van der Waals surface area contributed by atoms with Crippen molar-refractivity contribution in [2.75, 3.05) is 30.0 Å². The molecule has 156 valence electrons. The summed E-state index contributed by atoms with van der Waals surface area (Å²) in [7, 11) is -4.08. The molecule has 10 heteroatoms. The topological polar surface area (TPSA) is 99.2 Å². The highest BCUT2D eigenvalue weighted by Crippen LogP contribution is 2.32. The number of benzene rings is 2. The van der Waals surface area contributed by atoms with Gasteiger partial charge in [0.1, 0.15) is 6.54 Å². The molecule has 2 heterocycles. The van der Waals surface area contributed by atoms with Crippen molar-refractivity contribution in [3.05, 3.63) is 53.6 Å². The van der Waals surface area contributed by atoms with E-state index in [-0.39, 0.29) is 17.1 Å². The largest absolute Gasteiger partial charge is 0.337 e. The smallest absolute Gasteiger partial charge is 0.286 e. The predicted octanol–water partition coefficient (Wildman–Crippen LogP) is 2.51. The van der Waals surface area contributed by atoms with Crippen LogP contribution in [0.1, 0.15) is 12.8 Å². The number of hydrogen-bond acceptors (Lipinski definition) is 6. The van der Waals surface area contributed by atoms with Crippen molar-refractivity contribution in [3.63, 3.8) is 0 Å². The molecule has 1 saturated heterocycles. The minimum atomic E-state index is -4.08. The average molecular weight is 447 g/mol. The number of fused-ring (bicyclic) bond motifs is 1. The van der Waals surface area contributed by atoms with Gasteiger partial charge < -0.3 is 10.2 Å². The van der Waals surface area contributed by atoms with Gasteiger partial charge in [-0.15, -0.1) is 0 Å². The van der Waals surface area contributed by atoms with Gasteiger partial charge in [-0.3, -0.25) is 14.6 Å². The van der Waals surface area contributed by atoms with Gasteiger partial charge in [-0.25, -0.2) is 8.42 Å². The maximum Gasteiger partial charge on any atom is 0.286 e. The normalized spacial score (nSPS) is 17.3. The molecule has 2 aromatic rings. The summed E-state index contributed by atoms with van der Waals surface area (Å²) in [5, 5.41) is 8.06. The third-order valence-corrected chi connectivity index (χ3v) is 6.84. The Morgan fingerprint density at radius 2 is 1.70 bits per heavy atom. The molecule has 0 aromatic heterocycles. The van der Waals surface area contributed by atoms with Crippen LogP contribution in [0.3, 0.4) is 0 Å². The number of rotatable bonds is 4. The monoisotopic (exact) mass is 446 g/mol. The van der Waals surface area contributed by atoms with Crippen molar-refractivity contribution < 1.29 is 18.0 Å². The minimum absolute atomic E-state index is 0.0400. The fourth-order valence-corrected chi connectivity index (χ4v) is 5.03. The first-order valence-electron chi connectivity index (χ1n) is 9.41. The number of anilines is 2. The Bertz CT molecular complexity index is 1130. The van der Waals surface area contributed by atoms with Gasteiger partial charge in [0.15, 0.2) is 0 Å². The molecule has 0 saturated carbocycles. The Morgan fingerprint density at radius 3 is 2.40 bits per heavy atom. The van der Waals surface area contributed by atoms with Crippen molar-refractivity contribution in [3.8, 4) is 0 Å². The molecule has 0 bridgehead atoms. The van der Waals surface area contributed by atoms with E-state index < -0.39 is 26.7 Å². The van der Waals surface area contributed by atoms with Crippen LogP contribution in [0.15, 0.2) is 58.5 Å². The molecule has 0 radical (unpaired) electrons. The lowest BCUT2D eigenvalue weighted by Crippen LogP contribution is -2.43. The first kappa shape index (κ1) is 20.4. The van der Waals surface area contributed by atoms with E-state index in [4.69, 9.17) is 11.6 Å². The van der Waals surface area contributed by atoms with E-state index in [0.717, 1.165) is 12.8 Å². The van der Waals surface area contributed by atoms with Gasteiger partial charge in [0.25, 0.3) is 5.91 Å². The number of para-hydroxylation sites is 1. The second-order valence-electron chi connectivity index (χ2n) is 6.99. The first-order chi connectivity index (χ1) is 14.4. The summed E-state index contributed by atoms with van der Waals surface area (Å²) in [6.45, 7) is 0.726. The van der Waals surface area contributed by atoms with E-state index in [0.29, 0.717) is 23.8 Å². The molecule has 2 aliphatic heterocycles. The quantitative estimate of drug-likeness (QED) is 0.777. The van der Waals surface area contributed by atoms with Crippen LogP contribution in [0, 0.1) is 0 Å². The molecular formula is C20H19ClN4O4S. The van der Waals surface area contributed by atoms with E-state index >= 15 is 0 Å². The summed E-state index contributed by atoms with van der Waals surface area (Å²) in [5.41, 5.74) is 0.793. The van der Waals surface area contributed by atoms with Gasteiger partial charge in [-0.2, -0.15) is 5.10 Å². The number of carbonyl (C=O) groups excluding carboxylic acids is 2. The van der Waals surface area contributed by atoms with E-state index in [2.05, 4.69) is 10.4 Å². The van der Waals surface area contributed by atoms with Crippen LogP contribution in [0.25, 0.3) is 0 Å². The Kier molecular flexibility index (Phi) is 5.48. The van der Waals surface area contributed by atoms with Gasteiger partial charge in [-0.1, -0.05) is 23.7 Å². The van der Waals surface area contributed by atoms with E-state index in [1.807, 2.05) is 0 Å². The zero-order valence-electron chi connectivity index (χ0n) is 15.9. The van der Waals surface area contributed by atoms with Crippen LogP contribution >= 0.6 is 11.6 Å². The van der Waals surface area contributed by atoms with Crippen molar-refractivity contribution in [2.24, 2.45) is 5.10 Å². The molecule has 1 fully saturated rings. The number of likely N-dealkylation sites (tertiary alicyclic amines) is 1. The first-order valence-corrected chi connectivity index (χ1v) is 11.3. The summed E-state index contributed by atoms with van der Waals surface area (Å²) < 4.78 is 26.1. The Balaban J connectivity index is 1.64. The maximum atomic E-state index is 13.0. The van der Waals surface area contributed by atoms with Crippen LogP contribution < -0.4 is 10.3 Å². The molecule has 0 spiro atoms. The molecular weight excluding hydrogens is 428 g/mol. The zero-order valence-corrected chi connectivity index (χ0v) is 17.5. The van der Waals surface area contributed by atoms with Crippen molar-refractivity contribution in [1.29, 1.82) is 0 Å². The van der Waals surface area contributed by atoms with Crippen LogP contribution in [-0.2, 0) is 19.4 Å². The lowest BCUT2D eigenvalue weighted by molar-refractivity contribution is -0.123. The highest BCUT2D eigenvalue weighted by Gasteiger charge is 2.40. The molecule has 0 aliphatic carbocycles. The predicted molar refractivity (Wildman–Crippen MR) is 114 cm³/mol. The molecule has 4 rings (SSSR count). The molecule has 0 unspecified atom stereocenters. The minimum Gasteiger partial charge on any atom is -0.337 e. The summed E-state index contributed by atoms with van der Waals surface area (Å²) in [4.78, 5) is 26.9. The fraction of sp³-hybridized carbons (Fsp3) is 0.250. The van der Waals surface area contributed by atoms with Crippen molar-refractivity contribution >= 4 is 49.7 Å². The van der Waals surface area contributed by atoms with E-state index in [9.17, 15) is 18.0 Å². The van der Waals surface area contributed by atoms with Gasteiger partial charge in [0.2, 0.25) is 20.8 Å². The van der Waals surface area contributed by atoms with Gasteiger partial charge in [0, 0.05) is 23.8 Å². The van der Waals surface area contributed by atoms with Crippen LogP contribution in [0.2, 0.25) is 5.02 Å². The summed E-state index contributed by atoms with van der Waals surface area (Å²) in [6, 6.07) is 12.8. The Hall–Kier alpha value is -2.91. The second kappa shape index (κ2) is 8.08. The Morgan fingerprint density at radius 1 is 1.03 bits per heavy atom. The Labute approximate surface area is 179 Å². The molecule has 30 heavy (non-hydrogen) atoms. The third-order valence-electron chi connectivity index (χ3n) is 4.90. The van der Waals surface area contributed by atoms with Gasteiger partial charge >= 0.3 is 0 Å². The zero-order chi connectivity index (χ0) is 21.3. The number of hydrazone groups is 1. The molecule has 8 nitrogen and oxygen atoms in total. The number of carbonyl (C=O) groups is 2. The number of halogens is 1. The summed E-state index contributed by atoms with van der Waals surface area (Å²) in [6.07, 6.45) is 1.64. The third kappa shape index (κ3) is 3.90. The van der Waals surface area contributed by atoms with E-state index in [1.54, 1.807) is 42.5 Å². The number of amides is 2. The highest BCUT2D eigenvalue weighted by atomic mass is 35.5. The van der Waals surface area contributed by atoms with Gasteiger partial charge in [0.05, 0.1) is 10.6 Å². The van der Waals surface area contributed by atoms with Crippen LogP contribution in [0.5, 0.6) is 0 Å². The number of nitrogens with zero attached hydrogens (tertiary/aromatic N) is 3. The molecule has 2 aromatic carbocycles. The molecule has 1 N–H and O–H groups in total. The van der Waals surface area contributed by atoms with Crippen LogP contribution in [-0.4, -0.2) is 49.8 Å². The second-order valence-corrected chi connectivity index (χ2v) is 9.26. The van der Waals surface area contributed by atoms with E-state index in [1.165, 1.54) is 16.0 Å². The molecule has 0 atom stereocenters. The summed E-state index contributed by atoms with van der Waals surface area (Å²) in [5.74, 6) is -1.05. The average Bonchev–Trinajstić information content (AvgIpc) is 3.26. The molecule has 2 aliphatic rings. The number of nitrogens with one attached hydrogen (secondary N) is 1. The lowest BCUT2D eigenvalue weighted by Gasteiger charge is -2.28. The van der Waals surface area contributed by atoms with Crippen LogP contribution in [0.4, 0.5) is 11.4 Å². The number of hydrogen-bond donors (Lipinski definition) is 1. The fourth-order valence-electron chi connectivity index (χ4n) is 3.42.